The predicted octanol–water partition coefficient (Wildman–Crippen LogP) is 13.8. The number of nitrogens with zero attached hydrogens (tertiary/aromatic N) is 1. The molecule has 0 saturated heterocycles. The van der Waals surface area contributed by atoms with Crippen LogP contribution >= 0.6 is 21.6 Å². The Hall–Kier alpha value is -1.00. The number of unbranched alkanes of at least 4 members (excludes halogenated alkanes) is 24. The maximum absolute atomic E-state index is 11.4. The van der Waals surface area contributed by atoms with Gasteiger partial charge < -0.3 is 24.2 Å². The van der Waals surface area contributed by atoms with E-state index in [1.54, 1.807) is 0 Å². The van der Waals surface area contributed by atoms with Crippen molar-refractivity contribution < 1.29 is 33.8 Å². The number of carboxylic acids is 2. The average Bonchev–Trinajstić information content (AvgIpc) is 3.16. The van der Waals surface area contributed by atoms with Gasteiger partial charge in [-0.15, -0.1) is 0 Å². The number of hydrogen-bond acceptors (Lipinski definition) is 6. The Morgan fingerprint density at radius 3 is 1.43 bits per heavy atom. The van der Waals surface area contributed by atoms with Crippen LogP contribution < -0.4 is 0 Å². The topological polar surface area (TPSA) is 93.1 Å². The van der Waals surface area contributed by atoms with Crippen molar-refractivity contribution in [3.63, 3.8) is 0 Å². The molecular weight excluding hydrogens is 739 g/mol. The molecular formula is C47H90NO6S2+. The first-order valence-corrected chi connectivity index (χ1v) is 25.6. The molecule has 0 bridgehead atoms. The van der Waals surface area contributed by atoms with Crippen LogP contribution in [0.2, 0.25) is 0 Å². The molecule has 0 aliphatic rings. The van der Waals surface area contributed by atoms with E-state index < -0.39 is 17.2 Å². The third kappa shape index (κ3) is 41.2. The van der Waals surface area contributed by atoms with E-state index in [-0.39, 0.29) is 12.5 Å². The van der Waals surface area contributed by atoms with Crippen LogP contribution in [0, 0.1) is 0 Å². The lowest BCUT2D eigenvalue weighted by Crippen LogP contribution is -2.48. The second-order valence-electron chi connectivity index (χ2n) is 16.6. The van der Waals surface area contributed by atoms with Gasteiger partial charge >= 0.3 is 11.9 Å². The molecule has 9 heteroatoms. The van der Waals surface area contributed by atoms with Crippen molar-refractivity contribution in [3.8, 4) is 0 Å². The van der Waals surface area contributed by atoms with E-state index >= 15 is 0 Å². The number of rotatable bonds is 45. The Bertz CT molecular complexity index is 930. The van der Waals surface area contributed by atoms with E-state index in [0.717, 1.165) is 60.2 Å². The molecule has 0 amide bonds. The Labute approximate surface area is 354 Å². The zero-order valence-corrected chi connectivity index (χ0v) is 38.6. The summed E-state index contributed by atoms with van der Waals surface area (Å²) in [6.07, 6.45) is 45.5. The number of likely N-dealkylation sites (N-methyl/N-ethyl adjacent to an activating group) is 1. The van der Waals surface area contributed by atoms with Gasteiger partial charge in [-0.2, -0.15) is 0 Å². The van der Waals surface area contributed by atoms with Gasteiger partial charge in [-0.25, -0.2) is 0 Å². The van der Waals surface area contributed by atoms with E-state index in [1.807, 2.05) is 0 Å². The van der Waals surface area contributed by atoms with Gasteiger partial charge in [-0.05, 0) is 64.2 Å². The first-order chi connectivity index (χ1) is 27.2. The Balaban J connectivity index is 4.35. The smallest absolute Gasteiger partial charge is 0.318 e. The molecule has 0 saturated carbocycles. The van der Waals surface area contributed by atoms with Crippen molar-refractivity contribution in [2.24, 2.45) is 0 Å². The van der Waals surface area contributed by atoms with Crippen LogP contribution in [0.1, 0.15) is 200 Å². The van der Waals surface area contributed by atoms with Gasteiger partial charge in [0.05, 0.1) is 39.4 Å². The highest BCUT2D eigenvalue weighted by Gasteiger charge is 2.25. The van der Waals surface area contributed by atoms with Gasteiger partial charge in [0.25, 0.3) is 0 Å². The van der Waals surface area contributed by atoms with Crippen LogP contribution in [-0.4, -0.2) is 90.7 Å². The first-order valence-electron chi connectivity index (χ1n) is 23.3. The van der Waals surface area contributed by atoms with Gasteiger partial charge in [-0.3, -0.25) is 9.59 Å². The van der Waals surface area contributed by atoms with E-state index in [1.165, 1.54) is 178 Å². The molecule has 0 radical (unpaired) electrons. The summed E-state index contributed by atoms with van der Waals surface area (Å²) in [5.41, 5.74) is 0. The molecule has 330 valence electrons. The third-order valence-electron chi connectivity index (χ3n) is 10.4. The molecule has 0 spiro atoms. The third-order valence-corrected chi connectivity index (χ3v) is 13.1. The molecule has 2 atom stereocenters. The fourth-order valence-electron chi connectivity index (χ4n) is 6.80. The van der Waals surface area contributed by atoms with Gasteiger partial charge in [0.1, 0.15) is 17.9 Å². The summed E-state index contributed by atoms with van der Waals surface area (Å²) in [5, 5.41) is 17.5. The van der Waals surface area contributed by atoms with Crippen molar-refractivity contribution in [2.75, 3.05) is 52.8 Å². The number of quaternary nitrogens is 1. The molecule has 56 heavy (non-hydrogen) atoms. The van der Waals surface area contributed by atoms with Crippen LogP contribution in [0.5, 0.6) is 0 Å². The van der Waals surface area contributed by atoms with Crippen LogP contribution in [-0.2, 0) is 19.1 Å². The standard InChI is InChI=1S/C47H89NO6S2/c1-5-7-9-11-13-15-17-19-21-23-25-27-29-31-33-35-38-53-43-44(42-48(3,4)37-40-55-56-45(47(51)52)41-46(49)50)54-39-36-34-32-30-28-26-24-22-20-18-16-14-12-10-8-6-2/h19-22,44-45H,5-18,23-43H2,1-4H3,(H-,49,50,51,52)/p+1/b21-19-,22-20-. The zero-order valence-electron chi connectivity index (χ0n) is 37.0. The van der Waals surface area contributed by atoms with E-state index in [2.05, 4.69) is 52.2 Å². The maximum atomic E-state index is 11.4. The Morgan fingerprint density at radius 1 is 0.589 bits per heavy atom. The fraction of sp³-hybridized carbons (Fsp3) is 0.872. The minimum absolute atomic E-state index is 0.0127. The number of carbonyl (C=O) groups is 2. The van der Waals surface area contributed by atoms with Crippen molar-refractivity contribution >= 4 is 33.5 Å². The minimum Gasteiger partial charge on any atom is -0.481 e. The van der Waals surface area contributed by atoms with Gasteiger partial charge in [0.15, 0.2) is 0 Å². The molecule has 0 fully saturated rings. The number of allylic oxidation sites excluding steroid dienone is 4. The molecule has 0 aromatic carbocycles. The second-order valence-corrected chi connectivity index (χ2v) is 19.3. The summed E-state index contributed by atoms with van der Waals surface area (Å²) in [5.74, 6) is -1.42. The summed E-state index contributed by atoms with van der Waals surface area (Å²) in [6, 6.07) is 0. The molecule has 7 nitrogen and oxygen atoms in total. The quantitative estimate of drug-likeness (QED) is 0.0271. The zero-order chi connectivity index (χ0) is 41.2. The number of ether oxygens (including phenoxy) is 2. The van der Waals surface area contributed by atoms with Crippen LogP contribution in [0.4, 0.5) is 0 Å². The summed E-state index contributed by atoms with van der Waals surface area (Å²) in [6.45, 7) is 8.33. The highest BCUT2D eigenvalue weighted by atomic mass is 33.1. The van der Waals surface area contributed by atoms with Crippen molar-refractivity contribution in [2.45, 2.75) is 211 Å². The lowest BCUT2D eigenvalue weighted by atomic mass is 10.1. The monoisotopic (exact) mass is 829 g/mol. The Kier molecular flexibility index (Phi) is 41.4. The normalized spacial score (nSPS) is 13.3. The molecule has 0 aliphatic carbocycles. The van der Waals surface area contributed by atoms with E-state index in [9.17, 15) is 14.7 Å². The average molecular weight is 829 g/mol. The van der Waals surface area contributed by atoms with Gasteiger partial charge in [0.2, 0.25) is 0 Å². The van der Waals surface area contributed by atoms with Crippen LogP contribution in [0.25, 0.3) is 0 Å². The summed E-state index contributed by atoms with van der Waals surface area (Å²) in [4.78, 5) is 22.5. The first kappa shape index (κ1) is 55.0. The number of aliphatic carboxylic acids is 2. The SMILES string of the molecule is CCCCCCCC/C=C\CCCCCCCCOCC(C[N+](C)(C)CCSSC(CC(=O)O)C(=O)O)OCCCCCCCC/C=C\CCCCCCCC. The lowest BCUT2D eigenvalue weighted by Gasteiger charge is -2.33. The molecule has 2 unspecified atom stereocenters. The highest BCUT2D eigenvalue weighted by Crippen LogP contribution is 2.29. The summed E-state index contributed by atoms with van der Waals surface area (Å²) < 4.78 is 13.4. The van der Waals surface area contributed by atoms with Crippen molar-refractivity contribution in [1.82, 2.24) is 0 Å². The molecule has 0 aliphatic heterocycles. The minimum atomic E-state index is -1.08. The molecule has 0 aromatic rings. The fourth-order valence-corrected chi connectivity index (χ4v) is 9.38. The number of carboxylic acid groups (broad SMARTS) is 2. The molecule has 2 N–H and O–H groups in total. The van der Waals surface area contributed by atoms with Crippen molar-refractivity contribution in [1.29, 1.82) is 0 Å². The van der Waals surface area contributed by atoms with Gasteiger partial charge in [0, 0.05) is 13.2 Å². The van der Waals surface area contributed by atoms with Crippen LogP contribution in [0.3, 0.4) is 0 Å². The number of hydrogen-bond donors (Lipinski definition) is 2. The maximum Gasteiger partial charge on any atom is 0.318 e. The molecule has 0 rings (SSSR count). The predicted molar refractivity (Wildman–Crippen MR) is 245 cm³/mol. The second kappa shape index (κ2) is 42.1. The molecule has 0 aromatic heterocycles. The Morgan fingerprint density at radius 2 is 1.00 bits per heavy atom. The van der Waals surface area contributed by atoms with Crippen molar-refractivity contribution in [3.05, 3.63) is 24.3 Å². The lowest BCUT2D eigenvalue weighted by molar-refractivity contribution is -0.891. The van der Waals surface area contributed by atoms with E-state index in [4.69, 9.17) is 14.6 Å². The summed E-state index contributed by atoms with van der Waals surface area (Å²) >= 11 is 0. The van der Waals surface area contributed by atoms with Gasteiger partial charge in [-0.1, -0.05) is 175 Å². The largest absolute Gasteiger partial charge is 0.481 e. The van der Waals surface area contributed by atoms with E-state index in [0.29, 0.717) is 6.61 Å². The van der Waals surface area contributed by atoms with Crippen LogP contribution in [0.15, 0.2) is 24.3 Å². The highest BCUT2D eigenvalue weighted by molar-refractivity contribution is 8.77. The molecule has 0 heterocycles. The summed E-state index contributed by atoms with van der Waals surface area (Å²) in [7, 11) is 6.96.